The predicted octanol–water partition coefficient (Wildman–Crippen LogP) is 3.65. The van der Waals surface area contributed by atoms with Gasteiger partial charge >= 0.3 is 0 Å². The highest BCUT2D eigenvalue weighted by Crippen LogP contribution is 2.21. The van der Waals surface area contributed by atoms with E-state index in [0.717, 1.165) is 24.1 Å². The number of hydrogen-bond acceptors (Lipinski definition) is 2. The number of fused-ring (bicyclic) bond motifs is 1. The van der Waals surface area contributed by atoms with Gasteiger partial charge in [-0.05, 0) is 34.8 Å². The summed E-state index contributed by atoms with van der Waals surface area (Å²) in [6.45, 7) is 4.25. The molecule has 2 nitrogen and oxygen atoms in total. The highest BCUT2D eigenvalue weighted by Gasteiger charge is 2.06. The normalized spacial score (nSPS) is 10.9. The molecule has 1 heterocycles. The summed E-state index contributed by atoms with van der Waals surface area (Å²) < 4.78 is 0.688. The lowest BCUT2D eigenvalue weighted by atomic mass is 10.1. The molecule has 1 aromatic heterocycles. The average molecular weight is 265 g/mol. The zero-order valence-electron chi connectivity index (χ0n) is 8.92. The maximum Gasteiger partial charge on any atom is 0.197 e. The maximum absolute atomic E-state index is 4.44. The molecule has 0 aliphatic carbocycles. The van der Waals surface area contributed by atoms with Crippen LogP contribution in [0.15, 0.2) is 22.9 Å². The van der Waals surface area contributed by atoms with Crippen LogP contribution in [0.2, 0.25) is 0 Å². The lowest BCUT2D eigenvalue weighted by Gasteiger charge is -2.06. The van der Waals surface area contributed by atoms with Crippen LogP contribution < -0.4 is 0 Å². The molecule has 0 aliphatic heterocycles. The fraction of sp³-hybridized carbons (Fsp3) is 0.333. The van der Waals surface area contributed by atoms with E-state index in [9.17, 15) is 0 Å². The van der Waals surface area contributed by atoms with Gasteiger partial charge in [0.25, 0.3) is 0 Å². The quantitative estimate of drug-likeness (QED) is 0.774. The van der Waals surface area contributed by atoms with Crippen LogP contribution >= 0.6 is 15.9 Å². The fourth-order valence-electron chi connectivity index (χ4n) is 1.76. The van der Waals surface area contributed by atoms with Crippen LogP contribution in [0.3, 0.4) is 0 Å². The van der Waals surface area contributed by atoms with Gasteiger partial charge in [-0.2, -0.15) is 0 Å². The van der Waals surface area contributed by atoms with Crippen molar-refractivity contribution in [2.75, 3.05) is 0 Å². The molecule has 78 valence electrons. The highest BCUT2D eigenvalue weighted by molar-refractivity contribution is 9.10. The van der Waals surface area contributed by atoms with E-state index in [1.54, 1.807) is 0 Å². The van der Waals surface area contributed by atoms with Crippen molar-refractivity contribution in [3.8, 4) is 0 Å². The van der Waals surface area contributed by atoms with Gasteiger partial charge in [0.1, 0.15) is 0 Å². The third-order valence-corrected chi connectivity index (χ3v) is 2.82. The Morgan fingerprint density at radius 3 is 2.80 bits per heavy atom. The SMILES string of the molecule is CCCc1nc(Br)nc2c(C)cccc12. The van der Waals surface area contributed by atoms with E-state index in [4.69, 9.17) is 0 Å². The van der Waals surface area contributed by atoms with Crippen molar-refractivity contribution in [2.24, 2.45) is 0 Å². The van der Waals surface area contributed by atoms with Gasteiger partial charge in [0, 0.05) is 5.39 Å². The van der Waals surface area contributed by atoms with Gasteiger partial charge in [-0.3, -0.25) is 0 Å². The molecule has 2 rings (SSSR count). The molecule has 15 heavy (non-hydrogen) atoms. The summed E-state index contributed by atoms with van der Waals surface area (Å²) in [5.41, 5.74) is 3.40. The lowest BCUT2D eigenvalue weighted by molar-refractivity contribution is 0.879. The number of halogens is 1. The number of benzene rings is 1. The molecule has 0 atom stereocenters. The van der Waals surface area contributed by atoms with Crippen LogP contribution in [0.1, 0.15) is 24.6 Å². The van der Waals surface area contributed by atoms with Crippen molar-refractivity contribution < 1.29 is 0 Å². The smallest absolute Gasteiger partial charge is 0.197 e. The molecular weight excluding hydrogens is 252 g/mol. The second-order valence-electron chi connectivity index (χ2n) is 3.66. The monoisotopic (exact) mass is 264 g/mol. The van der Waals surface area contributed by atoms with Crippen LogP contribution in [0, 0.1) is 6.92 Å². The summed E-state index contributed by atoms with van der Waals surface area (Å²) in [6.07, 6.45) is 2.10. The second-order valence-corrected chi connectivity index (χ2v) is 4.37. The number of aromatic nitrogens is 2. The molecule has 0 saturated heterocycles. The molecule has 0 fully saturated rings. The van der Waals surface area contributed by atoms with E-state index in [1.807, 2.05) is 0 Å². The Morgan fingerprint density at radius 1 is 1.27 bits per heavy atom. The Kier molecular flexibility index (Phi) is 3.00. The Morgan fingerprint density at radius 2 is 2.07 bits per heavy atom. The van der Waals surface area contributed by atoms with E-state index >= 15 is 0 Å². The van der Waals surface area contributed by atoms with Crippen LogP contribution in [-0.2, 0) is 6.42 Å². The highest BCUT2D eigenvalue weighted by atomic mass is 79.9. The summed E-state index contributed by atoms with van der Waals surface area (Å²) in [6, 6.07) is 6.24. The Hall–Kier alpha value is -0.960. The molecule has 0 amide bonds. The van der Waals surface area contributed by atoms with E-state index in [-0.39, 0.29) is 0 Å². The first-order chi connectivity index (χ1) is 7.22. The van der Waals surface area contributed by atoms with Crippen molar-refractivity contribution in [1.29, 1.82) is 0 Å². The molecule has 0 unspecified atom stereocenters. The molecular formula is C12H13BrN2. The topological polar surface area (TPSA) is 25.8 Å². The third kappa shape index (κ3) is 2.02. The summed E-state index contributed by atoms with van der Waals surface area (Å²) in [4.78, 5) is 8.86. The molecule has 0 bridgehead atoms. The minimum Gasteiger partial charge on any atom is -0.227 e. The molecule has 2 aromatic rings. The number of nitrogens with zero attached hydrogens (tertiary/aromatic N) is 2. The summed E-state index contributed by atoms with van der Waals surface area (Å²) in [5.74, 6) is 0. The first-order valence-corrected chi connectivity index (χ1v) is 5.93. The van der Waals surface area contributed by atoms with Crippen molar-refractivity contribution in [1.82, 2.24) is 9.97 Å². The minimum absolute atomic E-state index is 0.688. The molecule has 0 spiro atoms. The number of para-hydroxylation sites is 1. The standard InChI is InChI=1S/C12H13BrN2/c1-3-5-10-9-7-4-6-8(2)11(9)15-12(13)14-10/h4,6-7H,3,5H2,1-2H3. The second kappa shape index (κ2) is 4.27. The lowest BCUT2D eigenvalue weighted by Crippen LogP contribution is -1.96. The van der Waals surface area contributed by atoms with Crippen molar-refractivity contribution in [3.63, 3.8) is 0 Å². The van der Waals surface area contributed by atoms with Gasteiger partial charge in [0.05, 0.1) is 11.2 Å². The molecule has 0 aliphatic rings. The zero-order valence-corrected chi connectivity index (χ0v) is 10.5. The van der Waals surface area contributed by atoms with Gasteiger partial charge in [-0.1, -0.05) is 31.5 Å². The van der Waals surface area contributed by atoms with Gasteiger partial charge in [-0.15, -0.1) is 0 Å². The van der Waals surface area contributed by atoms with Gasteiger partial charge < -0.3 is 0 Å². The van der Waals surface area contributed by atoms with Crippen LogP contribution in [0.5, 0.6) is 0 Å². The van der Waals surface area contributed by atoms with Crippen molar-refractivity contribution in [3.05, 3.63) is 34.2 Å². The molecule has 0 N–H and O–H groups in total. The van der Waals surface area contributed by atoms with Crippen LogP contribution in [0.4, 0.5) is 0 Å². The van der Waals surface area contributed by atoms with E-state index in [0.29, 0.717) is 4.73 Å². The van der Waals surface area contributed by atoms with Gasteiger partial charge in [0.15, 0.2) is 4.73 Å². The van der Waals surface area contributed by atoms with E-state index in [1.165, 1.54) is 10.9 Å². The average Bonchev–Trinajstić information content (AvgIpc) is 2.20. The Balaban J connectivity index is 2.74. The summed E-state index contributed by atoms with van der Waals surface area (Å²) in [7, 11) is 0. The molecule has 0 radical (unpaired) electrons. The van der Waals surface area contributed by atoms with Gasteiger partial charge in [-0.25, -0.2) is 9.97 Å². The first kappa shape index (κ1) is 10.6. The fourth-order valence-corrected chi connectivity index (χ4v) is 2.15. The zero-order chi connectivity index (χ0) is 10.8. The first-order valence-electron chi connectivity index (χ1n) is 5.14. The minimum atomic E-state index is 0.688. The summed E-state index contributed by atoms with van der Waals surface area (Å²) in [5, 5.41) is 1.18. The predicted molar refractivity (Wildman–Crippen MR) is 66.0 cm³/mol. The number of rotatable bonds is 2. The van der Waals surface area contributed by atoms with Crippen LogP contribution in [-0.4, -0.2) is 9.97 Å². The molecule has 1 aromatic carbocycles. The Labute approximate surface area is 97.9 Å². The van der Waals surface area contributed by atoms with E-state index in [2.05, 4.69) is 57.9 Å². The van der Waals surface area contributed by atoms with Crippen LogP contribution in [0.25, 0.3) is 10.9 Å². The largest absolute Gasteiger partial charge is 0.227 e. The Bertz CT molecular complexity index is 494. The maximum atomic E-state index is 4.44. The summed E-state index contributed by atoms with van der Waals surface area (Å²) >= 11 is 3.37. The molecule has 3 heteroatoms. The van der Waals surface area contributed by atoms with Gasteiger partial charge in [0.2, 0.25) is 0 Å². The molecule has 0 saturated carbocycles. The number of hydrogen-bond donors (Lipinski definition) is 0. The van der Waals surface area contributed by atoms with E-state index < -0.39 is 0 Å². The van der Waals surface area contributed by atoms with Crippen molar-refractivity contribution >= 4 is 26.8 Å². The number of aryl methyl sites for hydroxylation is 2. The van der Waals surface area contributed by atoms with Crippen molar-refractivity contribution in [2.45, 2.75) is 26.7 Å². The third-order valence-electron chi connectivity index (χ3n) is 2.47.